The molecule has 2 aliphatic heterocycles. The van der Waals surface area contributed by atoms with Gasteiger partial charge in [0.1, 0.15) is 0 Å². The maximum absolute atomic E-state index is 12.8. The number of carbonyl (C=O) groups is 1. The van der Waals surface area contributed by atoms with Gasteiger partial charge >= 0.3 is 0 Å². The number of amides is 1. The summed E-state index contributed by atoms with van der Waals surface area (Å²) in [4.78, 5) is 19.3. The monoisotopic (exact) mass is 374 g/mol. The van der Waals surface area contributed by atoms with E-state index in [9.17, 15) is 4.79 Å². The highest BCUT2D eigenvalue weighted by Crippen LogP contribution is 2.29. The highest BCUT2D eigenvalue weighted by atomic mass is 35.5. The fourth-order valence-electron chi connectivity index (χ4n) is 3.82. The van der Waals surface area contributed by atoms with E-state index in [1.807, 2.05) is 29.2 Å². The Balaban J connectivity index is 1.44. The Bertz CT molecular complexity index is 755. The van der Waals surface area contributed by atoms with Crippen LogP contribution in [0.25, 0.3) is 11.4 Å². The second kappa shape index (κ2) is 7.76. The summed E-state index contributed by atoms with van der Waals surface area (Å²) in [7, 11) is 0. The first-order chi connectivity index (χ1) is 12.7. The second-order valence-corrected chi connectivity index (χ2v) is 7.57. The van der Waals surface area contributed by atoms with Crippen LogP contribution in [0.15, 0.2) is 28.8 Å². The Morgan fingerprint density at radius 1 is 1.23 bits per heavy atom. The van der Waals surface area contributed by atoms with Gasteiger partial charge in [0, 0.05) is 30.2 Å². The molecule has 0 aliphatic carbocycles. The Morgan fingerprint density at radius 2 is 2.08 bits per heavy atom. The summed E-state index contributed by atoms with van der Waals surface area (Å²) in [5.74, 6) is 1.66. The average Bonchev–Trinajstić information content (AvgIpc) is 3.19. The molecule has 2 aliphatic rings. The van der Waals surface area contributed by atoms with Crippen LogP contribution in [0, 0.1) is 5.92 Å². The normalized spacial score (nSPS) is 23.8. The van der Waals surface area contributed by atoms with Crippen molar-refractivity contribution in [3.05, 3.63) is 35.2 Å². The maximum Gasteiger partial charge on any atom is 0.231 e. The minimum Gasteiger partial charge on any atom is -0.342 e. The molecule has 1 aromatic carbocycles. The lowest BCUT2D eigenvalue weighted by molar-refractivity contribution is -0.137. The van der Waals surface area contributed by atoms with Gasteiger partial charge in [0.25, 0.3) is 0 Å². The first-order valence-corrected chi connectivity index (χ1v) is 9.67. The standard InChI is InChI=1S/C19H23ClN4O2/c20-16-7-5-13(6-8-16)17-22-18(26-23-17)15-4-2-10-24(12-15)19(25)14-3-1-9-21-11-14/h5-8,14-15,21H,1-4,9-12H2. The van der Waals surface area contributed by atoms with E-state index in [0.717, 1.165) is 50.9 Å². The number of hydrogen-bond donors (Lipinski definition) is 1. The predicted molar refractivity (Wildman–Crippen MR) is 98.9 cm³/mol. The number of likely N-dealkylation sites (tertiary alicyclic amines) is 1. The van der Waals surface area contributed by atoms with Crippen LogP contribution in [0.2, 0.25) is 5.02 Å². The van der Waals surface area contributed by atoms with Gasteiger partial charge in [-0.25, -0.2) is 0 Å². The SMILES string of the molecule is O=C(C1CCCNC1)N1CCCC(c2nc(-c3ccc(Cl)cc3)no2)C1. The summed E-state index contributed by atoms with van der Waals surface area (Å²) < 4.78 is 5.52. The number of aromatic nitrogens is 2. The molecule has 2 aromatic rings. The van der Waals surface area contributed by atoms with Crippen LogP contribution < -0.4 is 5.32 Å². The van der Waals surface area contributed by atoms with Gasteiger partial charge in [-0.2, -0.15) is 4.98 Å². The van der Waals surface area contributed by atoms with Crippen LogP contribution in [0.3, 0.4) is 0 Å². The van der Waals surface area contributed by atoms with Crippen LogP contribution in [-0.2, 0) is 4.79 Å². The van der Waals surface area contributed by atoms with Crippen molar-refractivity contribution in [2.75, 3.05) is 26.2 Å². The number of nitrogens with one attached hydrogen (secondary N) is 1. The van der Waals surface area contributed by atoms with Gasteiger partial charge in [-0.15, -0.1) is 0 Å². The van der Waals surface area contributed by atoms with E-state index in [1.165, 1.54) is 0 Å². The molecule has 1 amide bonds. The molecule has 2 atom stereocenters. The number of benzene rings is 1. The van der Waals surface area contributed by atoms with Crippen LogP contribution in [0.1, 0.15) is 37.5 Å². The molecule has 3 heterocycles. The van der Waals surface area contributed by atoms with E-state index in [4.69, 9.17) is 16.1 Å². The zero-order chi connectivity index (χ0) is 17.9. The molecule has 0 spiro atoms. The molecule has 1 N–H and O–H groups in total. The predicted octanol–water partition coefficient (Wildman–Crippen LogP) is 3.10. The molecule has 0 radical (unpaired) electrons. The molecule has 2 saturated heterocycles. The molecular formula is C19H23ClN4O2. The second-order valence-electron chi connectivity index (χ2n) is 7.13. The molecule has 0 bridgehead atoms. The highest BCUT2D eigenvalue weighted by Gasteiger charge is 2.32. The van der Waals surface area contributed by atoms with Crippen LogP contribution in [0.4, 0.5) is 0 Å². The lowest BCUT2D eigenvalue weighted by Gasteiger charge is -2.34. The third-order valence-corrected chi connectivity index (χ3v) is 5.52. The summed E-state index contributed by atoms with van der Waals surface area (Å²) in [6.07, 6.45) is 3.99. The van der Waals surface area contributed by atoms with Gasteiger partial charge in [0.2, 0.25) is 17.6 Å². The number of rotatable bonds is 3. The van der Waals surface area contributed by atoms with Crippen LogP contribution in [-0.4, -0.2) is 47.1 Å². The lowest BCUT2D eigenvalue weighted by atomic mass is 9.93. The van der Waals surface area contributed by atoms with Gasteiger partial charge in [0.05, 0.1) is 11.8 Å². The Kier molecular flexibility index (Phi) is 5.22. The summed E-state index contributed by atoms with van der Waals surface area (Å²) >= 11 is 5.93. The smallest absolute Gasteiger partial charge is 0.231 e. The largest absolute Gasteiger partial charge is 0.342 e. The van der Waals surface area contributed by atoms with E-state index in [2.05, 4.69) is 15.5 Å². The fraction of sp³-hybridized carbons (Fsp3) is 0.526. The van der Waals surface area contributed by atoms with E-state index >= 15 is 0 Å². The van der Waals surface area contributed by atoms with E-state index in [1.54, 1.807) is 0 Å². The third-order valence-electron chi connectivity index (χ3n) is 5.27. The first kappa shape index (κ1) is 17.5. The van der Waals surface area contributed by atoms with Crippen LogP contribution in [0.5, 0.6) is 0 Å². The van der Waals surface area contributed by atoms with Crippen molar-refractivity contribution in [2.45, 2.75) is 31.6 Å². The van der Waals surface area contributed by atoms with Crippen molar-refractivity contribution in [3.8, 4) is 11.4 Å². The van der Waals surface area contributed by atoms with Gasteiger partial charge in [-0.3, -0.25) is 4.79 Å². The quantitative estimate of drug-likeness (QED) is 0.893. The molecule has 1 aromatic heterocycles. The minimum absolute atomic E-state index is 0.106. The Labute approximate surface area is 157 Å². The Morgan fingerprint density at radius 3 is 2.85 bits per heavy atom. The van der Waals surface area contributed by atoms with Crippen molar-refractivity contribution in [3.63, 3.8) is 0 Å². The molecule has 138 valence electrons. The van der Waals surface area contributed by atoms with Crippen molar-refractivity contribution >= 4 is 17.5 Å². The van der Waals surface area contributed by atoms with Crippen LogP contribution >= 0.6 is 11.6 Å². The Hall–Kier alpha value is -1.92. The summed E-state index contributed by atoms with van der Waals surface area (Å²) in [6, 6.07) is 7.38. The van der Waals surface area contributed by atoms with Gasteiger partial charge in [0.15, 0.2) is 0 Å². The van der Waals surface area contributed by atoms with Gasteiger partial charge < -0.3 is 14.7 Å². The highest BCUT2D eigenvalue weighted by molar-refractivity contribution is 6.30. The average molecular weight is 375 g/mol. The number of nitrogens with zero attached hydrogens (tertiary/aromatic N) is 3. The topological polar surface area (TPSA) is 71.3 Å². The zero-order valence-electron chi connectivity index (χ0n) is 14.7. The molecule has 7 heteroatoms. The molecule has 26 heavy (non-hydrogen) atoms. The molecular weight excluding hydrogens is 352 g/mol. The summed E-state index contributed by atoms with van der Waals surface area (Å²) in [5.41, 5.74) is 0.876. The lowest BCUT2D eigenvalue weighted by Crippen LogP contribution is -2.46. The molecule has 4 rings (SSSR count). The van der Waals surface area contributed by atoms with E-state index < -0.39 is 0 Å². The van der Waals surface area contributed by atoms with Gasteiger partial charge in [-0.1, -0.05) is 16.8 Å². The van der Waals surface area contributed by atoms with Crippen molar-refractivity contribution in [1.82, 2.24) is 20.4 Å². The third kappa shape index (κ3) is 3.76. The van der Waals surface area contributed by atoms with Crippen molar-refractivity contribution < 1.29 is 9.32 Å². The number of piperidine rings is 2. The number of halogens is 1. The zero-order valence-corrected chi connectivity index (χ0v) is 15.4. The minimum atomic E-state index is 0.106. The first-order valence-electron chi connectivity index (χ1n) is 9.30. The molecule has 0 saturated carbocycles. The number of carbonyl (C=O) groups excluding carboxylic acids is 1. The molecule has 2 unspecified atom stereocenters. The molecule has 2 fully saturated rings. The van der Waals surface area contributed by atoms with Crippen molar-refractivity contribution in [2.24, 2.45) is 5.92 Å². The van der Waals surface area contributed by atoms with Crippen molar-refractivity contribution in [1.29, 1.82) is 0 Å². The summed E-state index contributed by atoms with van der Waals surface area (Å²) in [5, 5.41) is 8.11. The molecule has 6 nitrogen and oxygen atoms in total. The number of hydrogen-bond acceptors (Lipinski definition) is 5. The summed E-state index contributed by atoms with van der Waals surface area (Å²) in [6.45, 7) is 3.30. The van der Waals surface area contributed by atoms with E-state index in [-0.39, 0.29) is 17.7 Å². The maximum atomic E-state index is 12.8. The fourth-order valence-corrected chi connectivity index (χ4v) is 3.94. The van der Waals surface area contributed by atoms with E-state index in [0.29, 0.717) is 23.3 Å². The van der Waals surface area contributed by atoms with Gasteiger partial charge in [-0.05, 0) is 56.5 Å².